The van der Waals surface area contributed by atoms with Gasteiger partial charge in [0, 0.05) is 11.1 Å². The van der Waals surface area contributed by atoms with E-state index in [4.69, 9.17) is 17.3 Å². The number of aromatic amines is 1. The fourth-order valence-corrected chi connectivity index (χ4v) is 8.89. The minimum atomic E-state index is -5.58. The Bertz CT molecular complexity index is 3760. The molecule has 0 unspecified atom stereocenters. The van der Waals surface area contributed by atoms with Crippen molar-refractivity contribution in [3.63, 3.8) is 0 Å². The summed E-state index contributed by atoms with van der Waals surface area (Å²) in [6, 6.07) is 9.53. The van der Waals surface area contributed by atoms with Crippen LogP contribution in [-0.4, -0.2) is 79.8 Å². The molecule has 26 nitrogen and oxygen atoms in total. The number of benzene rings is 5. The number of nitrogens with two attached hydrogens (primary N) is 1. The van der Waals surface area contributed by atoms with Gasteiger partial charge in [0.15, 0.2) is 0 Å². The van der Waals surface area contributed by atoms with Crippen molar-refractivity contribution in [1.29, 1.82) is 0 Å². The van der Waals surface area contributed by atoms with Crippen LogP contribution in [0.3, 0.4) is 0 Å². The largest absolute Gasteiger partial charge is 1.00 e. The fraction of sp³-hybridized carbons (Fsp3) is 0.0606. The van der Waals surface area contributed by atoms with Crippen molar-refractivity contribution in [2.45, 2.75) is 38.3 Å². The van der Waals surface area contributed by atoms with Crippen LogP contribution in [0.1, 0.15) is 11.1 Å². The number of hydrogen-bond acceptors (Lipinski definition) is 24. The van der Waals surface area contributed by atoms with E-state index in [0.29, 0.717) is 18.2 Å². The van der Waals surface area contributed by atoms with Gasteiger partial charge in [-0.3, -0.25) is 9.54 Å². The molecule has 0 spiro atoms. The molecule has 0 aliphatic carbocycles. The molecular weight excluding hydrogens is 1100 g/mol. The summed E-state index contributed by atoms with van der Waals surface area (Å²) in [5.74, 6) is -1.69. The molecule has 342 valence electrons. The zero-order chi connectivity index (χ0) is 48.2. The summed E-state index contributed by atoms with van der Waals surface area (Å²) >= 11 is 6.06. The van der Waals surface area contributed by atoms with Crippen molar-refractivity contribution in [3.8, 4) is 5.75 Å². The second kappa shape index (κ2) is 25.4. The standard InChI is InChI=1S/C33H27ClN10O16S5.5Na/c1-14-9-18(61(46,47)48)4-6-20(14)37-33-39-31(34)38-32(40-33)36-17-3-8-23(63(52,53)54)22(13-17)42-44-29-25(65(58,59)60)12-16-11-24(64(55,56)57)28(27(35)26(16)30(29)45)43-41-21-7-5-19(10-15(21)2)62(49,50)51;;;;;/h3-13,45H,35H2,1-2H3,(H,46,47,48)(H,49,50,51)(H,52,53,54)(H,55,56,57)(H,58,59,60)(H2,36,37,38,39,40);;;;;/q;5*+1/p-5. The molecule has 0 atom stereocenters. The summed E-state index contributed by atoms with van der Waals surface area (Å²) < 4.78 is 178. The van der Waals surface area contributed by atoms with Gasteiger partial charge in [0.25, 0.3) is 10.1 Å². The van der Waals surface area contributed by atoms with E-state index in [1.165, 1.54) is 19.9 Å². The monoisotopic (exact) mass is 1120 g/mol. The molecule has 70 heavy (non-hydrogen) atoms. The van der Waals surface area contributed by atoms with Crippen molar-refractivity contribution in [1.82, 2.24) is 15.0 Å². The van der Waals surface area contributed by atoms with Gasteiger partial charge in [-0.05, 0) is 109 Å². The first-order chi connectivity index (χ1) is 29.9. The summed E-state index contributed by atoms with van der Waals surface area (Å²) in [6.07, 6.45) is 0. The number of rotatable bonds is 12. The smallest absolute Gasteiger partial charge is 0.870 e. The summed E-state index contributed by atoms with van der Waals surface area (Å²) in [6.45, 7) is 2.76. The second-order valence-corrected chi connectivity index (χ2v) is 20.3. The van der Waals surface area contributed by atoms with Gasteiger partial charge >= 0.3 is 148 Å². The number of nitrogens with zero attached hydrogens (tertiary/aromatic N) is 7. The molecule has 6 aromatic rings. The van der Waals surface area contributed by atoms with E-state index in [2.05, 4.69) is 45.7 Å². The molecule has 1 aromatic heterocycles. The van der Waals surface area contributed by atoms with Gasteiger partial charge in [0.2, 0.25) is 16.9 Å². The van der Waals surface area contributed by atoms with Crippen molar-refractivity contribution < 1.29 is 218 Å². The zero-order valence-corrected chi connectivity index (χ0v) is 51.9. The Hall–Kier alpha value is -1.39. The molecule has 6 rings (SSSR count). The maximum Gasteiger partial charge on any atom is 1.00 e. The van der Waals surface area contributed by atoms with Gasteiger partial charge in [0.1, 0.15) is 56.7 Å². The van der Waals surface area contributed by atoms with E-state index in [1.54, 1.807) is 0 Å². The van der Waals surface area contributed by atoms with Crippen LogP contribution in [0, 0.1) is 13.8 Å². The van der Waals surface area contributed by atoms with Crippen LogP contribution < -0.4 is 170 Å². The third-order valence-electron chi connectivity index (χ3n) is 8.63. The Morgan fingerprint density at radius 1 is 0.629 bits per heavy atom. The van der Waals surface area contributed by atoms with Crippen LogP contribution in [-0.2, 0) is 50.6 Å². The summed E-state index contributed by atoms with van der Waals surface area (Å²) in [7, 11) is -26.2. The van der Waals surface area contributed by atoms with E-state index >= 15 is 0 Å². The fourth-order valence-electron chi connectivity index (χ4n) is 5.71. The van der Waals surface area contributed by atoms with Crippen LogP contribution in [0.5, 0.6) is 5.75 Å². The molecule has 0 amide bonds. The Balaban J connectivity index is 0.00000490. The van der Waals surface area contributed by atoms with Gasteiger partial charge in [0.05, 0.1) is 42.3 Å². The number of nitrogen functional groups attached to an aromatic ring is 1. The Kier molecular flexibility index (Phi) is 24.2. The predicted octanol–water partition coefficient (Wildman–Crippen LogP) is -11.4. The van der Waals surface area contributed by atoms with E-state index in [0.717, 1.165) is 42.5 Å². The third-order valence-corrected chi connectivity index (χ3v) is 13.1. The quantitative estimate of drug-likeness (QED) is 0.0382. The zero-order valence-electron chi connectivity index (χ0n) is 37.0. The van der Waals surface area contributed by atoms with Crippen LogP contribution in [0.4, 0.5) is 45.8 Å². The summed E-state index contributed by atoms with van der Waals surface area (Å²) in [5, 5.41) is 29.5. The molecule has 0 saturated carbocycles. The molecule has 0 aliphatic rings. The number of aromatic nitrogens is 3. The van der Waals surface area contributed by atoms with E-state index in [-0.39, 0.29) is 188 Å². The number of halogens is 1. The number of hydrogen-bond donors (Lipinski definition) is 4. The first kappa shape index (κ1) is 66.6. The van der Waals surface area contributed by atoms with Gasteiger partial charge in [-0.1, -0.05) is 5.75 Å². The Morgan fingerprint density at radius 2 is 1.16 bits per heavy atom. The first-order valence-corrected chi connectivity index (χ1v) is 24.4. The summed E-state index contributed by atoms with van der Waals surface area (Å²) in [5.41, 5.74) is 1.81. The SMILES string of the molecule is Cc1cc(S(=O)(=O)[O-])ccc1N=Nc1c(S(=O)(=O)[O-])cc2cc(S(=O)(=O)O)c(N=Nc3cc(N=c4nc(Cl)nc(Nc5ccc(S(=O)(=O)[O-])cc5C)[nH]4)ccc3S(=O)(=O)[O-])c([O-])c2c1N.[Na+].[Na+].[Na+].[Na+].[Na+]. The molecule has 0 radical (unpaired) electrons. The van der Waals surface area contributed by atoms with Gasteiger partial charge in [-0.25, -0.2) is 38.7 Å². The number of aryl methyl sites for hydroxylation is 2. The normalized spacial score (nSPS) is 12.4. The average molecular weight is 1130 g/mol. The van der Waals surface area contributed by atoms with Crippen LogP contribution in [0.2, 0.25) is 5.28 Å². The van der Waals surface area contributed by atoms with E-state index < -0.39 is 120 Å². The predicted molar refractivity (Wildman–Crippen MR) is 217 cm³/mol. The van der Waals surface area contributed by atoms with Crippen molar-refractivity contribution in [2.75, 3.05) is 11.1 Å². The first-order valence-electron chi connectivity index (χ1n) is 17.0. The third kappa shape index (κ3) is 16.1. The number of azo groups is 2. The molecule has 5 N–H and O–H groups in total. The Labute approximate surface area is 513 Å². The molecule has 0 fully saturated rings. The number of nitrogens with one attached hydrogen (secondary N) is 2. The van der Waals surface area contributed by atoms with Crippen molar-refractivity contribution in [2.24, 2.45) is 25.4 Å². The summed E-state index contributed by atoms with van der Waals surface area (Å²) in [4.78, 5) is 9.68. The molecule has 0 bridgehead atoms. The molecule has 0 aliphatic heterocycles. The minimum Gasteiger partial charge on any atom is -0.870 e. The maximum atomic E-state index is 14.0. The minimum absolute atomic E-state index is 0. The van der Waals surface area contributed by atoms with Crippen molar-refractivity contribution >= 4 is 119 Å². The van der Waals surface area contributed by atoms with Crippen LogP contribution >= 0.6 is 11.6 Å². The molecule has 1 heterocycles. The van der Waals surface area contributed by atoms with Gasteiger partial charge in [-0.2, -0.15) is 23.5 Å². The molecule has 5 aromatic carbocycles. The van der Waals surface area contributed by atoms with Crippen LogP contribution in [0.25, 0.3) is 10.8 Å². The van der Waals surface area contributed by atoms with Gasteiger partial charge < -0.3 is 34.4 Å². The second-order valence-electron chi connectivity index (χ2n) is 13.1. The van der Waals surface area contributed by atoms with E-state index in [1.807, 2.05) is 0 Å². The number of fused-ring (bicyclic) bond motifs is 1. The van der Waals surface area contributed by atoms with Crippen LogP contribution in [0.15, 0.2) is 117 Å². The number of H-pyrrole nitrogens is 1. The van der Waals surface area contributed by atoms with Gasteiger partial charge in [-0.15, -0.1) is 15.3 Å². The molecule has 37 heteroatoms. The average Bonchev–Trinajstić information content (AvgIpc) is 3.16. The molecular formula is C33H22ClN10Na5O16S5. The maximum absolute atomic E-state index is 14.0. The molecule has 0 saturated heterocycles. The topological polar surface area (TPSA) is 448 Å². The van der Waals surface area contributed by atoms with Crippen molar-refractivity contribution in [3.05, 3.63) is 88.8 Å². The number of anilines is 3. The van der Waals surface area contributed by atoms with E-state index in [9.17, 15) is 70.0 Å². The Morgan fingerprint density at radius 3 is 1.69 bits per heavy atom.